The van der Waals surface area contributed by atoms with E-state index in [0.29, 0.717) is 17.8 Å². The molecule has 0 saturated carbocycles. The van der Waals surface area contributed by atoms with Gasteiger partial charge >= 0.3 is 5.97 Å². The van der Waals surface area contributed by atoms with E-state index in [-0.39, 0.29) is 5.69 Å². The molecule has 0 atom stereocenters. The van der Waals surface area contributed by atoms with E-state index in [2.05, 4.69) is 11.1 Å². The molecule has 1 aromatic carbocycles. The predicted molar refractivity (Wildman–Crippen MR) is 74.5 cm³/mol. The highest BCUT2D eigenvalue weighted by Gasteiger charge is 2.10. The van der Waals surface area contributed by atoms with Gasteiger partial charge in [0.05, 0.1) is 23.5 Å². The summed E-state index contributed by atoms with van der Waals surface area (Å²) in [6, 6.07) is 14.3. The van der Waals surface area contributed by atoms with Crippen LogP contribution in [0.5, 0.6) is 0 Å². The third kappa shape index (κ3) is 2.93. The Kier molecular flexibility index (Phi) is 3.96. The fraction of sp³-hybridized carbons (Fsp3) is 0.133. The van der Waals surface area contributed by atoms with Gasteiger partial charge in [-0.3, -0.25) is 0 Å². The van der Waals surface area contributed by atoms with Gasteiger partial charge in [0.15, 0.2) is 0 Å². The highest BCUT2D eigenvalue weighted by molar-refractivity contribution is 5.85. The van der Waals surface area contributed by atoms with Gasteiger partial charge in [0.25, 0.3) is 0 Å². The molecule has 5 heteroatoms. The fourth-order valence-electron chi connectivity index (χ4n) is 1.92. The Morgan fingerprint density at radius 3 is 2.75 bits per heavy atom. The first-order valence-electron chi connectivity index (χ1n) is 6.01. The van der Waals surface area contributed by atoms with Crippen LogP contribution < -0.4 is 4.90 Å². The standard InChI is InChI=1S/C15H13N3O2/c1-18(14-8-3-2-5-11(14)9-16)10-12-6-4-7-13(17-12)15(19)20/h2-8H,10H2,1H3,(H,19,20). The van der Waals surface area contributed by atoms with Crippen molar-refractivity contribution in [3.8, 4) is 6.07 Å². The maximum absolute atomic E-state index is 10.9. The predicted octanol–water partition coefficient (Wildman–Crippen LogP) is 2.29. The molecule has 2 rings (SSSR count). The number of rotatable bonds is 4. The van der Waals surface area contributed by atoms with Crippen LogP contribution in [0.1, 0.15) is 21.7 Å². The van der Waals surface area contributed by atoms with E-state index in [0.717, 1.165) is 5.69 Å². The molecule has 0 aliphatic heterocycles. The molecular formula is C15H13N3O2. The van der Waals surface area contributed by atoms with Crippen molar-refractivity contribution in [3.05, 3.63) is 59.4 Å². The number of para-hydroxylation sites is 1. The molecule has 0 aliphatic rings. The number of carbonyl (C=O) groups is 1. The Balaban J connectivity index is 2.24. The van der Waals surface area contributed by atoms with Crippen LogP contribution in [0, 0.1) is 11.3 Å². The van der Waals surface area contributed by atoms with Crippen molar-refractivity contribution in [3.63, 3.8) is 0 Å². The number of carboxylic acid groups (broad SMARTS) is 1. The number of aromatic nitrogens is 1. The zero-order valence-corrected chi connectivity index (χ0v) is 10.9. The summed E-state index contributed by atoms with van der Waals surface area (Å²) in [7, 11) is 1.84. The summed E-state index contributed by atoms with van der Waals surface area (Å²) in [6.07, 6.45) is 0. The SMILES string of the molecule is CN(Cc1cccc(C(=O)O)n1)c1ccccc1C#N. The third-order valence-electron chi connectivity index (χ3n) is 2.86. The average Bonchev–Trinajstić information content (AvgIpc) is 2.47. The number of hydrogen-bond acceptors (Lipinski definition) is 4. The van der Waals surface area contributed by atoms with E-state index in [1.807, 2.05) is 24.1 Å². The molecule has 5 nitrogen and oxygen atoms in total. The van der Waals surface area contributed by atoms with Gasteiger partial charge in [-0.05, 0) is 24.3 Å². The van der Waals surface area contributed by atoms with E-state index in [4.69, 9.17) is 10.4 Å². The van der Waals surface area contributed by atoms with Gasteiger partial charge < -0.3 is 10.0 Å². The average molecular weight is 267 g/mol. The second kappa shape index (κ2) is 5.85. The van der Waals surface area contributed by atoms with Crippen molar-refractivity contribution in [2.75, 3.05) is 11.9 Å². The quantitative estimate of drug-likeness (QED) is 0.919. The number of pyridine rings is 1. The number of benzene rings is 1. The van der Waals surface area contributed by atoms with E-state index in [9.17, 15) is 4.79 Å². The Bertz CT molecular complexity index is 677. The van der Waals surface area contributed by atoms with E-state index < -0.39 is 5.97 Å². The Hall–Kier alpha value is -2.87. The first-order valence-corrected chi connectivity index (χ1v) is 6.01. The van der Waals surface area contributed by atoms with Gasteiger partial charge in [0.2, 0.25) is 0 Å². The van der Waals surface area contributed by atoms with Crippen molar-refractivity contribution >= 4 is 11.7 Å². The van der Waals surface area contributed by atoms with Crippen molar-refractivity contribution in [1.29, 1.82) is 5.26 Å². The van der Waals surface area contributed by atoms with Gasteiger partial charge in [-0.15, -0.1) is 0 Å². The molecule has 100 valence electrons. The minimum absolute atomic E-state index is 0.0180. The maximum Gasteiger partial charge on any atom is 0.354 e. The third-order valence-corrected chi connectivity index (χ3v) is 2.86. The first kappa shape index (κ1) is 13.6. The zero-order chi connectivity index (χ0) is 14.5. The fourth-order valence-corrected chi connectivity index (χ4v) is 1.92. The van der Waals surface area contributed by atoms with E-state index in [1.165, 1.54) is 6.07 Å². The Morgan fingerprint density at radius 2 is 2.05 bits per heavy atom. The lowest BCUT2D eigenvalue weighted by Crippen LogP contribution is -2.19. The molecule has 0 aliphatic carbocycles. The van der Waals surface area contributed by atoms with Crippen LogP contribution >= 0.6 is 0 Å². The van der Waals surface area contributed by atoms with Crippen LogP contribution in [0.4, 0.5) is 5.69 Å². The number of nitriles is 1. The number of hydrogen-bond donors (Lipinski definition) is 1. The lowest BCUT2D eigenvalue weighted by molar-refractivity contribution is 0.0690. The second-order valence-electron chi connectivity index (χ2n) is 4.30. The summed E-state index contributed by atoms with van der Waals surface area (Å²) in [4.78, 5) is 16.8. The molecular weight excluding hydrogens is 254 g/mol. The summed E-state index contributed by atoms with van der Waals surface area (Å²) >= 11 is 0. The normalized spacial score (nSPS) is 9.80. The molecule has 20 heavy (non-hydrogen) atoms. The molecule has 0 unspecified atom stereocenters. The minimum Gasteiger partial charge on any atom is -0.477 e. The molecule has 1 N–H and O–H groups in total. The minimum atomic E-state index is -1.05. The maximum atomic E-state index is 10.9. The molecule has 1 heterocycles. The molecule has 0 amide bonds. The smallest absolute Gasteiger partial charge is 0.354 e. The van der Waals surface area contributed by atoms with Gasteiger partial charge in [0.1, 0.15) is 11.8 Å². The van der Waals surface area contributed by atoms with Crippen molar-refractivity contribution in [2.24, 2.45) is 0 Å². The summed E-state index contributed by atoms with van der Waals surface area (Å²) in [5.74, 6) is -1.05. The van der Waals surface area contributed by atoms with Crippen LogP contribution in [0.15, 0.2) is 42.5 Å². The number of aromatic carboxylic acids is 1. The molecule has 2 aromatic rings. The van der Waals surface area contributed by atoms with Crippen molar-refractivity contribution in [1.82, 2.24) is 4.98 Å². The second-order valence-corrected chi connectivity index (χ2v) is 4.30. The van der Waals surface area contributed by atoms with Crippen LogP contribution in [-0.4, -0.2) is 23.1 Å². The van der Waals surface area contributed by atoms with E-state index >= 15 is 0 Å². The van der Waals surface area contributed by atoms with Gasteiger partial charge in [-0.2, -0.15) is 5.26 Å². The largest absolute Gasteiger partial charge is 0.477 e. The summed E-state index contributed by atoms with van der Waals surface area (Å²) in [6.45, 7) is 0.430. The number of nitrogens with zero attached hydrogens (tertiary/aromatic N) is 3. The van der Waals surface area contributed by atoms with Crippen LogP contribution in [0.2, 0.25) is 0 Å². The monoisotopic (exact) mass is 267 g/mol. The topological polar surface area (TPSA) is 77.2 Å². The number of carboxylic acids is 1. The van der Waals surface area contributed by atoms with Crippen LogP contribution in [-0.2, 0) is 6.54 Å². The van der Waals surface area contributed by atoms with Crippen molar-refractivity contribution < 1.29 is 9.90 Å². The molecule has 1 aromatic heterocycles. The van der Waals surface area contributed by atoms with Crippen LogP contribution in [0.3, 0.4) is 0 Å². The summed E-state index contributed by atoms with van der Waals surface area (Å²) in [5.41, 5.74) is 2.02. The molecule has 0 radical (unpaired) electrons. The summed E-state index contributed by atoms with van der Waals surface area (Å²) in [5, 5.41) is 18.0. The summed E-state index contributed by atoms with van der Waals surface area (Å²) < 4.78 is 0. The van der Waals surface area contributed by atoms with Crippen molar-refractivity contribution in [2.45, 2.75) is 6.54 Å². The lowest BCUT2D eigenvalue weighted by Gasteiger charge is -2.20. The first-order chi connectivity index (χ1) is 9.61. The van der Waals surface area contributed by atoms with Crippen LogP contribution in [0.25, 0.3) is 0 Å². The van der Waals surface area contributed by atoms with Gasteiger partial charge in [0, 0.05) is 7.05 Å². The molecule has 0 spiro atoms. The molecule has 0 saturated heterocycles. The lowest BCUT2D eigenvalue weighted by atomic mass is 10.1. The Morgan fingerprint density at radius 1 is 1.30 bits per heavy atom. The molecule has 0 bridgehead atoms. The number of anilines is 1. The van der Waals surface area contributed by atoms with E-state index in [1.54, 1.807) is 24.3 Å². The highest BCUT2D eigenvalue weighted by Crippen LogP contribution is 2.19. The Labute approximate surface area is 116 Å². The zero-order valence-electron chi connectivity index (χ0n) is 10.9. The van der Waals surface area contributed by atoms with Gasteiger partial charge in [-0.25, -0.2) is 9.78 Å². The molecule has 0 fully saturated rings. The van der Waals surface area contributed by atoms with Gasteiger partial charge in [-0.1, -0.05) is 18.2 Å². The highest BCUT2D eigenvalue weighted by atomic mass is 16.4.